The second-order valence-corrected chi connectivity index (χ2v) is 6.63. The van der Waals surface area contributed by atoms with Gasteiger partial charge >= 0.3 is 0 Å². The second-order valence-electron chi connectivity index (χ2n) is 6.63. The molecular formula is C19H23N5O2. The quantitative estimate of drug-likeness (QED) is 0.772. The SMILES string of the molecule is C=CC(=O)Nc1cccc(CC(=O)N(C)Cc2nnc(C3CC3)n2C)c1. The zero-order chi connectivity index (χ0) is 18.7. The number of benzene rings is 1. The Balaban J connectivity index is 1.61. The Kier molecular flexibility index (Phi) is 5.16. The highest BCUT2D eigenvalue weighted by Crippen LogP contribution is 2.38. The van der Waals surface area contributed by atoms with Crippen LogP contribution in [0, 0.1) is 0 Å². The summed E-state index contributed by atoms with van der Waals surface area (Å²) in [5, 5.41) is 11.2. The number of aromatic nitrogens is 3. The Hall–Kier alpha value is -2.96. The van der Waals surface area contributed by atoms with Crippen molar-refractivity contribution in [3.05, 3.63) is 54.1 Å². The first-order valence-electron chi connectivity index (χ1n) is 8.62. The molecule has 1 saturated carbocycles. The average Bonchev–Trinajstić information content (AvgIpc) is 3.40. The van der Waals surface area contributed by atoms with Gasteiger partial charge in [-0.2, -0.15) is 0 Å². The molecule has 1 aliphatic rings. The van der Waals surface area contributed by atoms with E-state index in [0.717, 1.165) is 17.2 Å². The molecule has 0 atom stereocenters. The van der Waals surface area contributed by atoms with E-state index in [4.69, 9.17) is 0 Å². The van der Waals surface area contributed by atoms with Crippen LogP contribution in [-0.2, 0) is 29.6 Å². The van der Waals surface area contributed by atoms with Gasteiger partial charge in [-0.05, 0) is 36.6 Å². The van der Waals surface area contributed by atoms with E-state index >= 15 is 0 Å². The van der Waals surface area contributed by atoms with Gasteiger partial charge in [-0.3, -0.25) is 9.59 Å². The largest absolute Gasteiger partial charge is 0.338 e. The van der Waals surface area contributed by atoms with E-state index in [-0.39, 0.29) is 18.2 Å². The van der Waals surface area contributed by atoms with Gasteiger partial charge in [0.15, 0.2) is 5.82 Å². The number of carbonyl (C=O) groups is 2. The van der Waals surface area contributed by atoms with Crippen LogP contribution in [0.1, 0.15) is 36.0 Å². The minimum Gasteiger partial charge on any atom is -0.338 e. The van der Waals surface area contributed by atoms with Gasteiger partial charge in [0.1, 0.15) is 5.82 Å². The Bertz CT molecular complexity index is 838. The Morgan fingerprint density at radius 1 is 1.38 bits per heavy atom. The van der Waals surface area contributed by atoms with Gasteiger partial charge in [0, 0.05) is 25.7 Å². The summed E-state index contributed by atoms with van der Waals surface area (Å²) in [7, 11) is 3.71. The molecule has 7 nitrogen and oxygen atoms in total. The average molecular weight is 353 g/mol. The maximum absolute atomic E-state index is 12.5. The van der Waals surface area contributed by atoms with Crippen molar-refractivity contribution in [1.82, 2.24) is 19.7 Å². The summed E-state index contributed by atoms with van der Waals surface area (Å²) in [5.74, 6) is 2.02. The summed E-state index contributed by atoms with van der Waals surface area (Å²) in [5.41, 5.74) is 1.48. The van der Waals surface area contributed by atoms with Gasteiger partial charge < -0.3 is 14.8 Å². The minimum absolute atomic E-state index is 0.0202. The van der Waals surface area contributed by atoms with Crippen LogP contribution >= 0.6 is 0 Å². The molecular weight excluding hydrogens is 330 g/mol. The fourth-order valence-electron chi connectivity index (χ4n) is 2.77. The number of hydrogen-bond acceptors (Lipinski definition) is 4. The van der Waals surface area contributed by atoms with Crippen LogP contribution in [0.2, 0.25) is 0 Å². The predicted octanol–water partition coefficient (Wildman–Crippen LogP) is 2.02. The minimum atomic E-state index is -0.278. The van der Waals surface area contributed by atoms with Crippen LogP contribution in [0.3, 0.4) is 0 Å². The zero-order valence-electron chi connectivity index (χ0n) is 15.1. The molecule has 0 bridgehead atoms. The number of hydrogen-bond donors (Lipinski definition) is 1. The van der Waals surface area contributed by atoms with E-state index in [9.17, 15) is 9.59 Å². The summed E-state index contributed by atoms with van der Waals surface area (Å²) >= 11 is 0. The molecule has 136 valence electrons. The van der Waals surface area contributed by atoms with Crippen molar-refractivity contribution in [1.29, 1.82) is 0 Å². The Labute approximate surface area is 152 Å². The van der Waals surface area contributed by atoms with E-state index in [2.05, 4.69) is 22.1 Å². The molecule has 0 saturated heterocycles. The highest BCUT2D eigenvalue weighted by atomic mass is 16.2. The standard InChI is InChI=1S/C19H23N5O2/c1-4-17(25)20-15-7-5-6-13(10-15)11-18(26)23(2)12-16-21-22-19(24(16)3)14-8-9-14/h4-7,10,14H,1,8-9,11-12H2,2-3H3,(H,20,25). The number of carbonyl (C=O) groups excluding carboxylic acids is 2. The molecule has 0 unspecified atom stereocenters. The lowest BCUT2D eigenvalue weighted by Gasteiger charge is -2.17. The molecule has 26 heavy (non-hydrogen) atoms. The van der Waals surface area contributed by atoms with Crippen LogP contribution in [0.4, 0.5) is 5.69 Å². The smallest absolute Gasteiger partial charge is 0.247 e. The maximum Gasteiger partial charge on any atom is 0.247 e. The molecule has 1 fully saturated rings. The Morgan fingerprint density at radius 3 is 2.85 bits per heavy atom. The highest BCUT2D eigenvalue weighted by Gasteiger charge is 2.29. The van der Waals surface area contributed by atoms with Crippen LogP contribution in [0.15, 0.2) is 36.9 Å². The molecule has 2 aromatic rings. The van der Waals surface area contributed by atoms with Gasteiger partial charge in [-0.15, -0.1) is 10.2 Å². The van der Waals surface area contributed by atoms with Gasteiger partial charge in [0.05, 0.1) is 13.0 Å². The van der Waals surface area contributed by atoms with Crippen LogP contribution in [0.5, 0.6) is 0 Å². The molecule has 1 aromatic heterocycles. The number of nitrogens with zero attached hydrogens (tertiary/aromatic N) is 4. The lowest BCUT2D eigenvalue weighted by molar-refractivity contribution is -0.129. The molecule has 0 aliphatic heterocycles. The Morgan fingerprint density at radius 2 is 2.15 bits per heavy atom. The fourth-order valence-corrected chi connectivity index (χ4v) is 2.77. The molecule has 2 amide bonds. The molecule has 1 aromatic carbocycles. The van der Waals surface area contributed by atoms with E-state index in [1.54, 1.807) is 24.1 Å². The van der Waals surface area contributed by atoms with Crippen molar-refractivity contribution in [3.63, 3.8) is 0 Å². The van der Waals surface area contributed by atoms with Crippen molar-refractivity contribution in [2.75, 3.05) is 12.4 Å². The van der Waals surface area contributed by atoms with E-state index in [1.807, 2.05) is 23.7 Å². The van der Waals surface area contributed by atoms with Crippen LogP contribution in [0.25, 0.3) is 0 Å². The first kappa shape index (κ1) is 17.8. The maximum atomic E-state index is 12.5. The lowest BCUT2D eigenvalue weighted by atomic mass is 10.1. The molecule has 0 radical (unpaired) electrons. The topological polar surface area (TPSA) is 80.1 Å². The number of nitrogens with one attached hydrogen (secondary N) is 1. The first-order valence-corrected chi connectivity index (χ1v) is 8.62. The monoisotopic (exact) mass is 353 g/mol. The van der Waals surface area contributed by atoms with Gasteiger partial charge in [-0.1, -0.05) is 18.7 Å². The summed E-state index contributed by atoms with van der Waals surface area (Å²) in [6.45, 7) is 3.85. The predicted molar refractivity (Wildman–Crippen MR) is 98.4 cm³/mol. The molecule has 7 heteroatoms. The zero-order valence-corrected chi connectivity index (χ0v) is 15.1. The first-order chi connectivity index (χ1) is 12.5. The molecule has 1 heterocycles. The number of likely N-dealkylation sites (N-methyl/N-ethyl adjacent to an activating group) is 1. The molecule has 1 aliphatic carbocycles. The summed E-state index contributed by atoms with van der Waals surface area (Å²) in [4.78, 5) is 25.6. The van der Waals surface area contributed by atoms with Crippen molar-refractivity contribution in [3.8, 4) is 0 Å². The molecule has 1 N–H and O–H groups in total. The summed E-state index contributed by atoms with van der Waals surface area (Å²) in [6, 6.07) is 7.24. The van der Waals surface area contributed by atoms with Gasteiger partial charge in [-0.25, -0.2) is 0 Å². The third-order valence-corrected chi connectivity index (χ3v) is 4.48. The van der Waals surface area contributed by atoms with Crippen LogP contribution < -0.4 is 5.32 Å². The van der Waals surface area contributed by atoms with Gasteiger partial charge in [0.2, 0.25) is 11.8 Å². The third kappa shape index (κ3) is 4.17. The van der Waals surface area contributed by atoms with Crippen molar-refractivity contribution < 1.29 is 9.59 Å². The van der Waals surface area contributed by atoms with Crippen molar-refractivity contribution in [2.45, 2.75) is 31.7 Å². The fraction of sp³-hybridized carbons (Fsp3) is 0.368. The van der Waals surface area contributed by atoms with Crippen LogP contribution in [-0.4, -0.2) is 38.5 Å². The number of rotatable bonds is 7. The van der Waals surface area contributed by atoms with Gasteiger partial charge in [0.25, 0.3) is 0 Å². The van der Waals surface area contributed by atoms with E-state index in [1.165, 1.54) is 18.9 Å². The van der Waals surface area contributed by atoms with E-state index < -0.39 is 0 Å². The number of anilines is 1. The van der Waals surface area contributed by atoms with Crippen molar-refractivity contribution >= 4 is 17.5 Å². The van der Waals surface area contributed by atoms with Crippen molar-refractivity contribution in [2.24, 2.45) is 7.05 Å². The van der Waals surface area contributed by atoms with E-state index in [0.29, 0.717) is 18.2 Å². The molecule has 3 rings (SSSR count). The summed E-state index contributed by atoms with van der Waals surface area (Å²) in [6.07, 6.45) is 3.79. The normalized spacial score (nSPS) is 13.3. The molecule has 0 spiro atoms. The number of amides is 2. The second kappa shape index (κ2) is 7.51. The summed E-state index contributed by atoms with van der Waals surface area (Å²) < 4.78 is 1.99. The third-order valence-electron chi connectivity index (χ3n) is 4.48. The lowest BCUT2D eigenvalue weighted by Crippen LogP contribution is -2.29. The highest BCUT2D eigenvalue weighted by molar-refractivity contribution is 5.98.